The van der Waals surface area contributed by atoms with Crippen LogP contribution in [-0.4, -0.2) is 165 Å². The first-order chi connectivity index (χ1) is 44.6. The van der Waals surface area contributed by atoms with Crippen LogP contribution in [0.4, 0.5) is 13.6 Å². The van der Waals surface area contributed by atoms with E-state index in [2.05, 4.69) is 31.9 Å². The number of aliphatic carboxylic acids is 1. The predicted octanol–water partition coefficient (Wildman–Crippen LogP) is 8.57. The SMILES string of the molecule is CC(C)[C@H](NC(=O)CCCCCN1C(=O)C=CC1=O)C(=O)N[C@@H](C)C(=O)NCCCN(C(=O)CSCCC(=O)N[C@](CC[Si](C)(C)C)(CNC(=O)C[C@H](NC(=O)OC(C)(C)C)C(=O)OC(C)(C)C)C(=O)O)[C@@H](c1cc(-c2cc(F)ccc2F)cn1Cc1ccccc1)C(C)(C)C. The molecule has 2 heterocycles. The molecule has 3 aromatic rings. The average Bonchev–Trinajstić information content (AvgIpc) is 1.57. The summed E-state index contributed by atoms with van der Waals surface area (Å²) in [5.41, 5.74) is -2.94. The molecule has 0 bridgehead atoms. The summed E-state index contributed by atoms with van der Waals surface area (Å²) in [7, 11) is -2.01. The number of nitrogens with zero attached hydrogens (tertiary/aromatic N) is 3. The highest BCUT2D eigenvalue weighted by Gasteiger charge is 2.43. The minimum absolute atomic E-state index is 0.000447. The molecular formula is C69H101F2N9O14SSi. The molecule has 0 saturated heterocycles. The van der Waals surface area contributed by atoms with Crippen molar-refractivity contribution < 1.29 is 76.1 Å². The fourth-order valence-corrected chi connectivity index (χ4v) is 12.4. The molecule has 27 heteroatoms. The van der Waals surface area contributed by atoms with Crippen molar-refractivity contribution in [1.82, 2.24) is 46.3 Å². The van der Waals surface area contributed by atoms with Gasteiger partial charge in [-0.1, -0.05) is 97.1 Å². The Morgan fingerprint density at radius 1 is 0.729 bits per heavy atom. The maximum atomic E-state index is 15.6. The predicted molar refractivity (Wildman–Crippen MR) is 365 cm³/mol. The van der Waals surface area contributed by atoms with E-state index in [4.69, 9.17) is 9.47 Å². The molecule has 530 valence electrons. The van der Waals surface area contributed by atoms with Crippen molar-refractivity contribution in [3.8, 4) is 11.1 Å². The Kier molecular flexibility index (Phi) is 30.1. The van der Waals surface area contributed by atoms with E-state index in [9.17, 15) is 57.4 Å². The van der Waals surface area contributed by atoms with Crippen LogP contribution >= 0.6 is 11.8 Å². The van der Waals surface area contributed by atoms with Crippen molar-refractivity contribution in [1.29, 1.82) is 0 Å². The first kappa shape index (κ1) is 80.5. The number of ether oxygens (including phenoxy) is 2. The molecule has 1 aliphatic rings. The van der Waals surface area contributed by atoms with E-state index in [0.717, 1.165) is 40.4 Å². The lowest BCUT2D eigenvalue weighted by molar-refractivity contribution is -0.158. The van der Waals surface area contributed by atoms with Gasteiger partial charge in [-0.25, -0.2) is 23.2 Å². The minimum atomic E-state index is -2.03. The van der Waals surface area contributed by atoms with Gasteiger partial charge in [0, 0.05) is 88.0 Å². The molecule has 0 fully saturated rings. The zero-order valence-electron chi connectivity index (χ0n) is 58.4. The number of hydrogen-bond acceptors (Lipinski definition) is 14. The van der Waals surface area contributed by atoms with Crippen LogP contribution in [0.25, 0.3) is 11.1 Å². The van der Waals surface area contributed by atoms with E-state index in [0.29, 0.717) is 36.6 Å². The number of aromatic nitrogens is 1. The van der Waals surface area contributed by atoms with Gasteiger partial charge in [-0.05, 0) is 115 Å². The smallest absolute Gasteiger partial charge is 0.408 e. The van der Waals surface area contributed by atoms with Crippen LogP contribution in [0.1, 0.15) is 152 Å². The highest BCUT2D eigenvalue weighted by molar-refractivity contribution is 7.99. The molecule has 0 spiro atoms. The number of unbranched alkanes of at least 4 members (excludes halogenated alkanes) is 2. The zero-order valence-corrected chi connectivity index (χ0v) is 60.2. The second-order valence-corrected chi connectivity index (χ2v) is 35.6. The Morgan fingerprint density at radius 2 is 1.38 bits per heavy atom. The van der Waals surface area contributed by atoms with E-state index < -0.39 is 127 Å². The second-order valence-electron chi connectivity index (χ2n) is 28.9. The number of carboxylic acids is 1. The number of imide groups is 1. The molecule has 5 atom stereocenters. The molecule has 96 heavy (non-hydrogen) atoms. The number of amides is 9. The van der Waals surface area contributed by atoms with Crippen LogP contribution in [0.15, 0.2) is 72.9 Å². The summed E-state index contributed by atoms with van der Waals surface area (Å²) in [5.74, 6) is -8.41. The van der Waals surface area contributed by atoms with Gasteiger partial charge in [0.15, 0.2) is 5.54 Å². The van der Waals surface area contributed by atoms with Crippen LogP contribution < -0.4 is 31.9 Å². The number of thioether (sulfide) groups is 1. The average molecular weight is 1380 g/mol. The number of carbonyl (C=O) groups is 11. The van der Waals surface area contributed by atoms with Crippen molar-refractivity contribution in [2.24, 2.45) is 11.3 Å². The molecule has 0 radical (unpaired) electrons. The maximum absolute atomic E-state index is 15.6. The lowest BCUT2D eigenvalue weighted by Crippen LogP contribution is -2.61. The molecule has 23 nitrogen and oxygen atoms in total. The lowest BCUT2D eigenvalue weighted by atomic mass is 9.83. The van der Waals surface area contributed by atoms with E-state index in [-0.39, 0.29) is 92.6 Å². The van der Waals surface area contributed by atoms with Gasteiger partial charge in [0.2, 0.25) is 35.4 Å². The number of alkyl carbamates (subject to hydrolysis) is 1. The quantitative estimate of drug-likeness (QED) is 0.0124. The van der Waals surface area contributed by atoms with Gasteiger partial charge in [0.05, 0.1) is 24.8 Å². The Balaban J connectivity index is 1.56. The summed E-state index contributed by atoms with van der Waals surface area (Å²) in [6.07, 6.45) is 3.91. The summed E-state index contributed by atoms with van der Waals surface area (Å²) in [4.78, 5) is 149. The largest absolute Gasteiger partial charge is 0.479 e. The summed E-state index contributed by atoms with van der Waals surface area (Å²) in [5, 5.41) is 26.8. The minimum Gasteiger partial charge on any atom is -0.479 e. The van der Waals surface area contributed by atoms with Gasteiger partial charge < -0.3 is 55.9 Å². The molecule has 2 aromatic carbocycles. The summed E-state index contributed by atoms with van der Waals surface area (Å²) >= 11 is 1.11. The van der Waals surface area contributed by atoms with Crippen molar-refractivity contribution in [2.75, 3.05) is 37.7 Å². The molecule has 1 aromatic heterocycles. The molecule has 0 aliphatic carbocycles. The normalized spacial score (nSPS) is 14.6. The zero-order chi connectivity index (χ0) is 72.1. The number of hydrogen-bond donors (Lipinski definition) is 7. The molecular weight excluding hydrogens is 1280 g/mol. The third kappa shape index (κ3) is 26.9. The highest BCUT2D eigenvalue weighted by Crippen LogP contribution is 2.42. The van der Waals surface area contributed by atoms with Crippen molar-refractivity contribution >= 4 is 85.1 Å². The van der Waals surface area contributed by atoms with Crippen LogP contribution in [-0.2, 0) is 64.0 Å². The van der Waals surface area contributed by atoms with E-state index in [1.165, 1.54) is 19.1 Å². The van der Waals surface area contributed by atoms with Crippen molar-refractivity contribution in [2.45, 2.75) is 208 Å². The van der Waals surface area contributed by atoms with Crippen molar-refractivity contribution in [3.05, 3.63) is 95.8 Å². The third-order valence-corrected chi connectivity index (χ3v) is 18.0. The first-order valence-corrected chi connectivity index (χ1v) is 37.5. The Hall–Kier alpha value is -7.94. The molecule has 0 unspecified atom stereocenters. The van der Waals surface area contributed by atoms with Gasteiger partial charge in [-0.3, -0.25) is 43.3 Å². The van der Waals surface area contributed by atoms with E-state index in [1.807, 2.05) is 75.3 Å². The Morgan fingerprint density at radius 3 is 1.97 bits per heavy atom. The molecule has 9 amide bonds. The van der Waals surface area contributed by atoms with Crippen LogP contribution in [0.2, 0.25) is 25.7 Å². The fraction of sp³-hybridized carbons (Fsp3) is 0.580. The van der Waals surface area contributed by atoms with Gasteiger partial charge in [0.1, 0.15) is 41.0 Å². The van der Waals surface area contributed by atoms with Crippen LogP contribution in [0, 0.1) is 23.0 Å². The molecule has 1 aliphatic heterocycles. The number of rotatable bonds is 36. The van der Waals surface area contributed by atoms with Crippen LogP contribution in [0.5, 0.6) is 0 Å². The van der Waals surface area contributed by atoms with Gasteiger partial charge in [0.25, 0.3) is 11.8 Å². The number of esters is 1. The van der Waals surface area contributed by atoms with Crippen molar-refractivity contribution in [3.63, 3.8) is 0 Å². The van der Waals surface area contributed by atoms with E-state index >= 15 is 9.18 Å². The fourth-order valence-electron chi connectivity index (χ4n) is 10.4. The Bertz CT molecular complexity index is 3250. The van der Waals surface area contributed by atoms with E-state index in [1.54, 1.807) is 72.6 Å². The summed E-state index contributed by atoms with van der Waals surface area (Å²) in [6, 6.07) is 10.4. The second kappa shape index (κ2) is 35.9. The standard InChI is InChI=1S/C69H101F2N9O14SSi/c1-44(2)59(76-53(81)25-20-17-21-33-79-56(84)28-29-57(79)85)62(88)74-45(3)61(87)72-32-22-34-80(60(66(4,5)6)52-37-47(49-38-48(70)26-27-50(49)71)41-78(52)40-46-23-18-16-19-24-46)58(86)42-95-35-30-54(82)77-69(64(90)91,31-36-96(13,14)15)43-73-55(83)39-51(63(89)93-67(7,8)9)75-65(92)94-68(10,11)12/h16,18-19,23-24,26-29,37-38,41,44-45,51,59-60H,17,20-22,25,30-36,39-40,42-43H2,1-15H3,(H,72,87)(H,73,83)(H,74,88)(H,75,92)(H,76,81)(H,77,82)(H,90,91)/t45-,51-,59-,60-,69+/m0/s1. The summed E-state index contributed by atoms with van der Waals surface area (Å²) < 4.78 is 43.2. The highest BCUT2D eigenvalue weighted by atomic mass is 32.2. The molecule has 7 N–H and O–H groups in total. The van der Waals surface area contributed by atoms with Gasteiger partial charge in [-0.2, -0.15) is 11.8 Å². The van der Waals surface area contributed by atoms with Crippen LogP contribution in [0.3, 0.4) is 0 Å². The monoisotopic (exact) mass is 1380 g/mol. The number of halogens is 2. The molecule has 4 rings (SSSR count). The number of carboxylic acid groups (broad SMARTS) is 1. The van der Waals surface area contributed by atoms with Gasteiger partial charge in [-0.15, -0.1) is 0 Å². The topological polar surface area (TPSA) is 310 Å². The number of nitrogens with one attached hydrogen (secondary N) is 6. The summed E-state index contributed by atoms with van der Waals surface area (Å²) in [6.45, 7) is 26.5. The maximum Gasteiger partial charge on any atom is 0.408 e. The third-order valence-electron chi connectivity index (χ3n) is 15.3. The number of carbonyl (C=O) groups excluding carboxylic acids is 10. The lowest BCUT2D eigenvalue weighted by Gasteiger charge is -2.41. The number of benzene rings is 2. The Labute approximate surface area is 568 Å². The van der Waals surface area contributed by atoms with Gasteiger partial charge >= 0.3 is 18.0 Å². The first-order valence-electron chi connectivity index (χ1n) is 32.6. The molecule has 0 saturated carbocycles.